The predicted octanol–water partition coefficient (Wildman–Crippen LogP) is 1.77. The molecular formula is C11H20N4O2S. The van der Waals surface area contributed by atoms with Crippen molar-refractivity contribution in [2.45, 2.75) is 45.6 Å². The van der Waals surface area contributed by atoms with Gasteiger partial charge in [0.15, 0.2) is 0 Å². The second-order valence-electron chi connectivity index (χ2n) is 4.03. The maximum Gasteiger partial charge on any atom is 0.321 e. The fourth-order valence-electron chi connectivity index (χ4n) is 1.41. The average Bonchev–Trinajstić information content (AvgIpc) is 2.75. The molecule has 102 valence electrons. The summed E-state index contributed by atoms with van der Waals surface area (Å²) < 4.78 is 0. The minimum atomic E-state index is -0.495. The number of urea groups is 1. The SMILES string of the molecule is CCCc1nnc(NC(=O)NCC(O)CCC)s1. The number of nitrogens with zero attached hydrogens (tertiary/aromatic N) is 2. The molecule has 1 aromatic heterocycles. The smallest absolute Gasteiger partial charge is 0.321 e. The first-order valence-corrected chi connectivity index (χ1v) is 7.02. The van der Waals surface area contributed by atoms with Gasteiger partial charge in [-0.05, 0) is 12.8 Å². The number of anilines is 1. The summed E-state index contributed by atoms with van der Waals surface area (Å²) in [6, 6.07) is -0.357. The monoisotopic (exact) mass is 272 g/mol. The van der Waals surface area contributed by atoms with E-state index in [1.54, 1.807) is 0 Å². The Morgan fingerprint density at radius 2 is 2.17 bits per heavy atom. The van der Waals surface area contributed by atoms with Gasteiger partial charge in [-0.15, -0.1) is 10.2 Å². The van der Waals surface area contributed by atoms with Crippen LogP contribution < -0.4 is 10.6 Å². The summed E-state index contributed by atoms with van der Waals surface area (Å²) in [7, 11) is 0. The maximum absolute atomic E-state index is 11.5. The molecular weight excluding hydrogens is 252 g/mol. The summed E-state index contributed by atoms with van der Waals surface area (Å²) >= 11 is 1.37. The highest BCUT2D eigenvalue weighted by Crippen LogP contribution is 2.16. The van der Waals surface area contributed by atoms with Crippen molar-refractivity contribution in [1.29, 1.82) is 0 Å². The van der Waals surface area contributed by atoms with E-state index in [9.17, 15) is 9.90 Å². The largest absolute Gasteiger partial charge is 0.391 e. The van der Waals surface area contributed by atoms with Gasteiger partial charge in [0, 0.05) is 13.0 Å². The highest BCUT2D eigenvalue weighted by molar-refractivity contribution is 7.15. The molecule has 0 saturated heterocycles. The second-order valence-corrected chi connectivity index (χ2v) is 5.09. The molecule has 6 nitrogen and oxygen atoms in total. The van der Waals surface area contributed by atoms with Gasteiger partial charge in [-0.2, -0.15) is 0 Å². The van der Waals surface area contributed by atoms with Gasteiger partial charge in [0.05, 0.1) is 6.10 Å². The number of hydrogen-bond donors (Lipinski definition) is 3. The lowest BCUT2D eigenvalue weighted by Gasteiger charge is -2.10. The number of rotatable bonds is 7. The first-order chi connectivity index (χ1) is 8.65. The number of carbonyl (C=O) groups excluding carboxylic acids is 1. The Kier molecular flexibility index (Phi) is 6.59. The molecule has 0 aliphatic carbocycles. The fourth-order valence-corrected chi connectivity index (χ4v) is 2.24. The number of nitrogens with one attached hydrogen (secondary N) is 2. The van der Waals surface area contributed by atoms with Gasteiger partial charge in [0.1, 0.15) is 5.01 Å². The van der Waals surface area contributed by atoms with E-state index in [0.717, 1.165) is 24.3 Å². The molecule has 1 unspecified atom stereocenters. The molecule has 2 amide bonds. The van der Waals surface area contributed by atoms with Crippen molar-refractivity contribution in [3.05, 3.63) is 5.01 Å². The molecule has 0 radical (unpaired) electrons. The van der Waals surface area contributed by atoms with Crippen LogP contribution in [0.25, 0.3) is 0 Å². The lowest BCUT2D eigenvalue weighted by molar-refractivity contribution is 0.162. The zero-order valence-corrected chi connectivity index (χ0v) is 11.6. The van der Waals surface area contributed by atoms with E-state index in [1.165, 1.54) is 11.3 Å². The maximum atomic E-state index is 11.5. The molecule has 3 N–H and O–H groups in total. The third-order valence-electron chi connectivity index (χ3n) is 2.27. The topological polar surface area (TPSA) is 87.1 Å². The minimum absolute atomic E-state index is 0.250. The van der Waals surface area contributed by atoms with Gasteiger partial charge in [0.25, 0.3) is 0 Å². The van der Waals surface area contributed by atoms with Gasteiger partial charge in [-0.3, -0.25) is 5.32 Å². The number of aryl methyl sites for hydroxylation is 1. The number of hydrogen-bond acceptors (Lipinski definition) is 5. The number of aliphatic hydroxyl groups excluding tert-OH is 1. The van der Waals surface area contributed by atoms with Gasteiger partial charge >= 0.3 is 6.03 Å². The van der Waals surface area contributed by atoms with Gasteiger partial charge < -0.3 is 10.4 Å². The zero-order valence-electron chi connectivity index (χ0n) is 10.8. The summed E-state index contributed by atoms with van der Waals surface area (Å²) in [6.07, 6.45) is 2.95. The molecule has 0 aromatic carbocycles. The Hall–Kier alpha value is -1.21. The highest BCUT2D eigenvalue weighted by atomic mass is 32.1. The number of amides is 2. The van der Waals surface area contributed by atoms with Gasteiger partial charge in [0.2, 0.25) is 5.13 Å². The van der Waals surface area contributed by atoms with Crippen LogP contribution in [0.5, 0.6) is 0 Å². The highest BCUT2D eigenvalue weighted by Gasteiger charge is 2.09. The Labute approximate surface area is 111 Å². The van der Waals surface area contributed by atoms with E-state index < -0.39 is 6.10 Å². The zero-order chi connectivity index (χ0) is 13.4. The van der Waals surface area contributed by atoms with E-state index in [1.807, 2.05) is 6.92 Å². The van der Waals surface area contributed by atoms with Crippen molar-refractivity contribution in [2.75, 3.05) is 11.9 Å². The van der Waals surface area contributed by atoms with Crippen molar-refractivity contribution in [2.24, 2.45) is 0 Å². The summed E-state index contributed by atoms with van der Waals surface area (Å²) in [4.78, 5) is 11.5. The van der Waals surface area contributed by atoms with Crippen molar-refractivity contribution >= 4 is 22.5 Å². The van der Waals surface area contributed by atoms with Crippen molar-refractivity contribution in [1.82, 2.24) is 15.5 Å². The van der Waals surface area contributed by atoms with Crippen LogP contribution in [-0.2, 0) is 6.42 Å². The summed E-state index contributed by atoms with van der Waals surface area (Å²) in [5, 5.41) is 23.9. The van der Waals surface area contributed by atoms with Crippen LogP contribution in [0.3, 0.4) is 0 Å². The molecule has 7 heteroatoms. The van der Waals surface area contributed by atoms with E-state index in [4.69, 9.17) is 0 Å². The predicted molar refractivity (Wildman–Crippen MR) is 71.8 cm³/mol. The number of aliphatic hydroxyl groups is 1. The standard InChI is InChI=1S/C11H20N4O2S/c1-3-5-8(16)7-12-10(17)13-11-15-14-9(18-11)6-4-2/h8,16H,3-7H2,1-2H3,(H2,12,13,15,17). The molecule has 0 spiro atoms. The van der Waals surface area contributed by atoms with Crippen molar-refractivity contribution in [3.63, 3.8) is 0 Å². The molecule has 1 atom stereocenters. The molecule has 0 bridgehead atoms. The normalized spacial score (nSPS) is 12.2. The van der Waals surface area contributed by atoms with Gasteiger partial charge in [-0.25, -0.2) is 4.79 Å². The van der Waals surface area contributed by atoms with E-state index >= 15 is 0 Å². The Morgan fingerprint density at radius 3 is 2.83 bits per heavy atom. The van der Waals surface area contributed by atoms with Crippen LogP contribution in [0, 0.1) is 0 Å². The molecule has 0 saturated carbocycles. The first-order valence-electron chi connectivity index (χ1n) is 6.21. The molecule has 1 rings (SSSR count). The molecule has 0 fully saturated rings. The Balaban J connectivity index is 2.30. The van der Waals surface area contributed by atoms with Crippen molar-refractivity contribution in [3.8, 4) is 0 Å². The lowest BCUT2D eigenvalue weighted by Crippen LogP contribution is -2.35. The average molecular weight is 272 g/mol. The van der Waals surface area contributed by atoms with Crippen LogP contribution in [0.4, 0.5) is 9.93 Å². The van der Waals surface area contributed by atoms with E-state index in [-0.39, 0.29) is 12.6 Å². The Morgan fingerprint density at radius 1 is 1.39 bits per heavy atom. The lowest BCUT2D eigenvalue weighted by atomic mass is 10.2. The van der Waals surface area contributed by atoms with Crippen molar-refractivity contribution < 1.29 is 9.90 Å². The molecule has 0 aliphatic rings. The quantitative estimate of drug-likeness (QED) is 0.706. The minimum Gasteiger partial charge on any atom is -0.391 e. The van der Waals surface area contributed by atoms with Crippen LogP contribution >= 0.6 is 11.3 Å². The van der Waals surface area contributed by atoms with Crippen LogP contribution in [0.2, 0.25) is 0 Å². The van der Waals surface area contributed by atoms with E-state index in [0.29, 0.717) is 11.6 Å². The number of carbonyl (C=O) groups is 1. The fraction of sp³-hybridized carbons (Fsp3) is 0.727. The second kappa shape index (κ2) is 7.99. The number of aromatic nitrogens is 2. The molecule has 1 aromatic rings. The Bertz CT molecular complexity index is 370. The first kappa shape index (κ1) is 14.8. The summed E-state index contributed by atoms with van der Waals surface area (Å²) in [5.41, 5.74) is 0. The third kappa shape index (κ3) is 5.42. The molecule has 0 aliphatic heterocycles. The molecule has 1 heterocycles. The van der Waals surface area contributed by atoms with Crippen LogP contribution in [0.1, 0.15) is 38.1 Å². The summed E-state index contributed by atoms with van der Waals surface area (Å²) in [6.45, 7) is 4.30. The van der Waals surface area contributed by atoms with Crippen LogP contribution in [0.15, 0.2) is 0 Å². The van der Waals surface area contributed by atoms with E-state index in [2.05, 4.69) is 27.8 Å². The van der Waals surface area contributed by atoms with Crippen LogP contribution in [-0.4, -0.2) is 34.0 Å². The van der Waals surface area contributed by atoms with Gasteiger partial charge in [-0.1, -0.05) is 31.6 Å². The third-order valence-corrected chi connectivity index (χ3v) is 3.17. The molecule has 18 heavy (non-hydrogen) atoms. The summed E-state index contributed by atoms with van der Waals surface area (Å²) in [5.74, 6) is 0.